The van der Waals surface area contributed by atoms with Crippen LogP contribution >= 0.6 is 0 Å². The molecule has 4 aliphatic heterocycles. The van der Waals surface area contributed by atoms with Crippen molar-refractivity contribution in [3.8, 4) is 12.1 Å². The maximum atomic E-state index is 14.6. The second kappa shape index (κ2) is 11.2. The van der Waals surface area contributed by atoms with Gasteiger partial charge in [-0.1, -0.05) is 6.07 Å². The van der Waals surface area contributed by atoms with E-state index in [0.717, 1.165) is 66.9 Å². The largest absolute Gasteiger partial charge is 0.461 e. The third-order valence-corrected chi connectivity index (χ3v) is 10.6. The number of ether oxygens (including phenoxy) is 3. The molecule has 5 aliphatic rings. The number of aryl methyl sites for hydroxylation is 1. The van der Waals surface area contributed by atoms with Gasteiger partial charge in [-0.05, 0) is 56.3 Å². The molecule has 11 nitrogen and oxygen atoms in total. The first-order chi connectivity index (χ1) is 22.0. The number of fused-ring (bicyclic) bond motifs is 4. The van der Waals surface area contributed by atoms with E-state index in [4.69, 9.17) is 29.9 Å². The van der Waals surface area contributed by atoms with Gasteiger partial charge in [0, 0.05) is 61.7 Å². The van der Waals surface area contributed by atoms with Crippen LogP contribution in [0, 0.1) is 11.3 Å². The number of halogens is 1. The Morgan fingerprint density at radius 1 is 1.18 bits per heavy atom. The smallest absolute Gasteiger partial charge is 0.318 e. The SMILES string of the molecule is N#Cc1c(N)ccc2c1[C@]1(CCC2)Cc2nc(OCC34CCCN3C[C@H](F)C4)nc(N3CCOCC(n4cccn4)C3)c2CO1. The highest BCUT2D eigenvalue weighted by atomic mass is 19.1. The first kappa shape index (κ1) is 28.7. The first-order valence-electron chi connectivity index (χ1n) is 16.2. The van der Waals surface area contributed by atoms with Crippen LogP contribution in [0.15, 0.2) is 30.6 Å². The van der Waals surface area contributed by atoms with Crippen molar-refractivity contribution in [1.82, 2.24) is 24.6 Å². The van der Waals surface area contributed by atoms with E-state index in [9.17, 15) is 9.65 Å². The number of nitriles is 1. The number of benzene rings is 1. The van der Waals surface area contributed by atoms with Crippen molar-refractivity contribution < 1.29 is 18.6 Å². The Hall–Kier alpha value is -3.79. The van der Waals surface area contributed by atoms with Crippen LogP contribution in [0.1, 0.15) is 66.1 Å². The first-order valence-corrected chi connectivity index (χ1v) is 16.2. The van der Waals surface area contributed by atoms with Crippen LogP contribution in [-0.4, -0.2) is 82.4 Å². The molecule has 236 valence electrons. The number of alkyl halides is 1. The Balaban J connectivity index is 1.18. The van der Waals surface area contributed by atoms with E-state index in [0.29, 0.717) is 76.2 Å². The number of anilines is 2. The van der Waals surface area contributed by atoms with Gasteiger partial charge in [-0.15, -0.1) is 0 Å². The topological polar surface area (TPSA) is 128 Å². The molecule has 2 unspecified atom stereocenters. The minimum absolute atomic E-state index is 0.00521. The molecular formula is C33H39FN8O3. The molecule has 4 atom stereocenters. The molecule has 3 aromatic rings. The predicted octanol–water partition coefficient (Wildman–Crippen LogP) is 3.46. The lowest BCUT2D eigenvalue weighted by Crippen LogP contribution is -2.44. The molecule has 2 N–H and O–H groups in total. The zero-order valence-electron chi connectivity index (χ0n) is 25.5. The summed E-state index contributed by atoms with van der Waals surface area (Å²) >= 11 is 0. The van der Waals surface area contributed by atoms with Crippen LogP contribution in [0.25, 0.3) is 0 Å². The third-order valence-electron chi connectivity index (χ3n) is 10.6. The molecule has 0 radical (unpaired) electrons. The molecule has 12 heteroatoms. The summed E-state index contributed by atoms with van der Waals surface area (Å²) in [7, 11) is 0. The average molecular weight is 615 g/mol. The van der Waals surface area contributed by atoms with Gasteiger partial charge in [0.05, 0.1) is 42.7 Å². The highest BCUT2D eigenvalue weighted by molar-refractivity contribution is 5.63. The fourth-order valence-electron chi connectivity index (χ4n) is 8.46. The van der Waals surface area contributed by atoms with Gasteiger partial charge in [0.25, 0.3) is 0 Å². The van der Waals surface area contributed by atoms with Gasteiger partial charge >= 0.3 is 6.01 Å². The highest BCUT2D eigenvalue weighted by Crippen LogP contribution is 2.48. The summed E-state index contributed by atoms with van der Waals surface area (Å²) in [5.41, 5.74) is 10.1. The van der Waals surface area contributed by atoms with E-state index in [2.05, 4.69) is 21.0 Å². The quantitative estimate of drug-likeness (QED) is 0.427. The van der Waals surface area contributed by atoms with Crippen molar-refractivity contribution >= 4 is 11.5 Å². The molecule has 1 aromatic carbocycles. The van der Waals surface area contributed by atoms with Crippen LogP contribution < -0.4 is 15.4 Å². The molecular weight excluding hydrogens is 575 g/mol. The van der Waals surface area contributed by atoms with Gasteiger partial charge in [-0.25, -0.2) is 4.39 Å². The summed E-state index contributed by atoms with van der Waals surface area (Å²) in [5, 5.41) is 14.6. The van der Waals surface area contributed by atoms with E-state index in [1.807, 2.05) is 29.1 Å². The number of hydrogen-bond acceptors (Lipinski definition) is 10. The lowest BCUT2D eigenvalue weighted by Gasteiger charge is -2.43. The van der Waals surface area contributed by atoms with E-state index in [1.165, 1.54) is 0 Å². The predicted molar refractivity (Wildman–Crippen MR) is 164 cm³/mol. The molecule has 8 rings (SSSR count). The van der Waals surface area contributed by atoms with Gasteiger partial charge in [0.1, 0.15) is 30.3 Å². The standard InChI is InChI=1S/C33H39FN8O3/c34-23-14-32(7-2-10-41(32)17-23)21-44-31-38-28-15-33(8-1-4-22-5-6-27(36)25(16-35)29(22)33)45-20-26(28)30(39-31)40-12-13-43-19-24(18-40)42-11-3-9-37-42/h3,5-6,9,11,23-24H,1-2,4,7-8,10,12-15,17-21,36H2/t23-,24?,32?,33+/m1/s1. The molecule has 0 bridgehead atoms. The Morgan fingerprint density at radius 3 is 2.98 bits per heavy atom. The fraction of sp³-hybridized carbons (Fsp3) is 0.576. The van der Waals surface area contributed by atoms with Crippen molar-refractivity contribution in [2.24, 2.45) is 0 Å². The van der Waals surface area contributed by atoms with Crippen molar-refractivity contribution in [1.29, 1.82) is 5.26 Å². The van der Waals surface area contributed by atoms with Gasteiger partial charge < -0.3 is 24.8 Å². The third kappa shape index (κ3) is 4.92. The molecule has 1 aliphatic carbocycles. The lowest BCUT2D eigenvalue weighted by molar-refractivity contribution is -0.0857. The number of nitrogen functional groups attached to an aromatic ring is 1. The fourth-order valence-corrected chi connectivity index (χ4v) is 8.46. The Bertz CT molecular complexity index is 1630. The van der Waals surface area contributed by atoms with E-state index < -0.39 is 11.8 Å². The van der Waals surface area contributed by atoms with Gasteiger partial charge in [0.2, 0.25) is 0 Å². The molecule has 6 heterocycles. The average Bonchev–Trinajstić information content (AvgIpc) is 3.73. The number of hydrogen-bond donors (Lipinski definition) is 1. The van der Waals surface area contributed by atoms with Gasteiger partial charge in [-0.3, -0.25) is 9.58 Å². The van der Waals surface area contributed by atoms with Gasteiger partial charge in [-0.2, -0.15) is 20.3 Å². The van der Waals surface area contributed by atoms with Crippen LogP contribution in [0.3, 0.4) is 0 Å². The molecule has 2 aromatic heterocycles. The number of nitrogens with zero attached hydrogens (tertiary/aromatic N) is 7. The van der Waals surface area contributed by atoms with E-state index in [-0.39, 0.29) is 11.6 Å². The van der Waals surface area contributed by atoms with Crippen molar-refractivity contribution in [2.45, 2.75) is 74.9 Å². The summed E-state index contributed by atoms with van der Waals surface area (Å²) in [4.78, 5) is 14.5. The summed E-state index contributed by atoms with van der Waals surface area (Å²) in [6.45, 7) is 4.40. The summed E-state index contributed by atoms with van der Waals surface area (Å²) in [6, 6.07) is 8.45. The summed E-state index contributed by atoms with van der Waals surface area (Å²) in [5.74, 6) is 0.771. The number of nitrogens with two attached hydrogens (primary N) is 1. The normalized spacial score (nSPS) is 29.6. The molecule has 0 saturated carbocycles. The summed E-state index contributed by atoms with van der Waals surface area (Å²) in [6.07, 6.45) is 8.39. The van der Waals surface area contributed by atoms with Crippen molar-refractivity contribution in [3.05, 3.63) is 58.5 Å². The Kier molecular flexibility index (Phi) is 7.15. The lowest BCUT2D eigenvalue weighted by atomic mass is 9.72. The second-order valence-corrected chi connectivity index (χ2v) is 13.3. The van der Waals surface area contributed by atoms with Crippen LogP contribution in [-0.2, 0) is 34.5 Å². The maximum Gasteiger partial charge on any atom is 0.318 e. The minimum Gasteiger partial charge on any atom is -0.461 e. The Morgan fingerprint density at radius 2 is 2.11 bits per heavy atom. The summed E-state index contributed by atoms with van der Waals surface area (Å²) < 4.78 is 35.8. The number of aromatic nitrogens is 4. The van der Waals surface area contributed by atoms with E-state index in [1.54, 1.807) is 6.20 Å². The molecule has 3 fully saturated rings. The van der Waals surface area contributed by atoms with Crippen LogP contribution in [0.4, 0.5) is 15.9 Å². The molecule has 3 saturated heterocycles. The number of rotatable bonds is 5. The zero-order valence-corrected chi connectivity index (χ0v) is 25.5. The maximum absolute atomic E-state index is 14.6. The van der Waals surface area contributed by atoms with Crippen LogP contribution in [0.2, 0.25) is 0 Å². The minimum atomic E-state index is -0.838. The zero-order chi connectivity index (χ0) is 30.6. The van der Waals surface area contributed by atoms with E-state index >= 15 is 0 Å². The second-order valence-electron chi connectivity index (χ2n) is 13.3. The monoisotopic (exact) mass is 614 g/mol. The van der Waals surface area contributed by atoms with Crippen molar-refractivity contribution in [2.75, 3.05) is 56.6 Å². The van der Waals surface area contributed by atoms with Gasteiger partial charge in [0.15, 0.2) is 0 Å². The molecule has 0 amide bonds. The van der Waals surface area contributed by atoms with Crippen LogP contribution in [0.5, 0.6) is 6.01 Å². The molecule has 1 spiro atoms. The Labute approximate surface area is 262 Å². The highest BCUT2D eigenvalue weighted by Gasteiger charge is 2.50. The molecule has 45 heavy (non-hydrogen) atoms. The van der Waals surface area contributed by atoms with Crippen molar-refractivity contribution in [3.63, 3.8) is 0 Å².